The smallest absolute Gasteiger partial charge is 0.142 e. The fraction of sp³-hybridized carbons (Fsp3) is 0.273. The first-order valence-corrected chi connectivity index (χ1v) is 4.34. The molecule has 0 aliphatic heterocycles. The number of nitrogens with one attached hydrogen (secondary N) is 1. The summed E-state index contributed by atoms with van der Waals surface area (Å²) in [6.07, 6.45) is 0. The van der Waals surface area contributed by atoms with Crippen LogP contribution in [0.25, 0.3) is 5.57 Å². The molecule has 3 nitrogen and oxygen atoms in total. The molecule has 0 aliphatic carbocycles. The van der Waals surface area contributed by atoms with Gasteiger partial charge in [-0.2, -0.15) is 0 Å². The van der Waals surface area contributed by atoms with E-state index in [1.807, 2.05) is 13.0 Å². The number of aromatic hydroxyl groups is 1. The highest BCUT2D eigenvalue weighted by molar-refractivity contribution is 5.74. The van der Waals surface area contributed by atoms with Crippen molar-refractivity contribution in [3.05, 3.63) is 24.3 Å². The van der Waals surface area contributed by atoms with E-state index in [1.54, 1.807) is 20.2 Å². The lowest BCUT2D eigenvalue weighted by molar-refractivity contribution is 0.407. The summed E-state index contributed by atoms with van der Waals surface area (Å²) >= 11 is 0. The third-order valence-corrected chi connectivity index (χ3v) is 2.05. The molecule has 76 valence electrons. The van der Waals surface area contributed by atoms with E-state index in [4.69, 9.17) is 4.74 Å². The molecule has 2 N–H and O–H groups in total. The van der Waals surface area contributed by atoms with E-state index in [-0.39, 0.29) is 5.75 Å². The van der Waals surface area contributed by atoms with Gasteiger partial charge in [-0.05, 0) is 18.6 Å². The van der Waals surface area contributed by atoms with E-state index in [0.29, 0.717) is 11.4 Å². The summed E-state index contributed by atoms with van der Waals surface area (Å²) in [5.41, 5.74) is 2.47. The average molecular weight is 193 g/mol. The van der Waals surface area contributed by atoms with Gasteiger partial charge in [0.05, 0.1) is 12.8 Å². The number of allylic oxidation sites excluding steroid dienone is 1. The van der Waals surface area contributed by atoms with Gasteiger partial charge in [0.25, 0.3) is 0 Å². The number of hydrogen-bond donors (Lipinski definition) is 2. The van der Waals surface area contributed by atoms with Gasteiger partial charge in [0.15, 0.2) is 0 Å². The van der Waals surface area contributed by atoms with E-state index in [2.05, 4.69) is 11.9 Å². The molecule has 0 amide bonds. The number of benzene rings is 1. The lowest BCUT2D eigenvalue weighted by Gasteiger charge is -2.12. The normalized spacial score (nSPS) is 9.64. The highest BCUT2D eigenvalue weighted by Gasteiger charge is 2.08. The molecule has 14 heavy (non-hydrogen) atoms. The average Bonchev–Trinajstić information content (AvgIpc) is 2.16. The van der Waals surface area contributed by atoms with Crippen molar-refractivity contribution in [3.8, 4) is 11.5 Å². The summed E-state index contributed by atoms with van der Waals surface area (Å²) in [5.74, 6) is 0.809. The minimum absolute atomic E-state index is 0.175. The Hall–Kier alpha value is -1.64. The van der Waals surface area contributed by atoms with Crippen LogP contribution in [0.3, 0.4) is 0 Å². The Morgan fingerprint density at radius 3 is 2.57 bits per heavy atom. The number of phenolic OH excluding ortho intramolecular Hbond substituents is 1. The fourth-order valence-corrected chi connectivity index (χ4v) is 1.27. The van der Waals surface area contributed by atoms with E-state index in [9.17, 15) is 5.11 Å². The summed E-state index contributed by atoms with van der Waals surface area (Å²) in [6.45, 7) is 5.75. The van der Waals surface area contributed by atoms with Crippen LogP contribution < -0.4 is 10.1 Å². The third-order valence-electron chi connectivity index (χ3n) is 2.05. The highest BCUT2D eigenvalue weighted by Crippen LogP contribution is 2.34. The van der Waals surface area contributed by atoms with Crippen LogP contribution in [-0.4, -0.2) is 19.3 Å². The van der Waals surface area contributed by atoms with Crippen LogP contribution >= 0.6 is 0 Å². The predicted octanol–water partition coefficient (Wildman–Crippen LogP) is 2.48. The van der Waals surface area contributed by atoms with E-state index in [0.717, 1.165) is 11.1 Å². The van der Waals surface area contributed by atoms with Crippen molar-refractivity contribution >= 4 is 11.3 Å². The lowest BCUT2D eigenvalue weighted by Crippen LogP contribution is -1.94. The Bertz CT molecular complexity index is 359. The standard InChI is InChI=1S/C11H15NO2/c1-7(2)8-5-9(12-3)10(13)6-11(8)14-4/h5-6,12-13H,1H2,2-4H3. The molecule has 3 heteroatoms. The second-order valence-corrected chi connectivity index (χ2v) is 3.10. The summed E-state index contributed by atoms with van der Waals surface area (Å²) in [6, 6.07) is 3.40. The van der Waals surface area contributed by atoms with Gasteiger partial charge in [-0.3, -0.25) is 0 Å². The van der Waals surface area contributed by atoms with Crippen LogP contribution in [0.1, 0.15) is 12.5 Å². The van der Waals surface area contributed by atoms with Crippen molar-refractivity contribution in [3.63, 3.8) is 0 Å². The van der Waals surface area contributed by atoms with Crippen LogP contribution in [0, 0.1) is 0 Å². The van der Waals surface area contributed by atoms with Crippen LogP contribution in [0.15, 0.2) is 18.7 Å². The van der Waals surface area contributed by atoms with Crippen LogP contribution in [0.5, 0.6) is 11.5 Å². The summed E-state index contributed by atoms with van der Waals surface area (Å²) < 4.78 is 5.14. The van der Waals surface area contributed by atoms with Gasteiger partial charge in [-0.25, -0.2) is 0 Å². The second-order valence-electron chi connectivity index (χ2n) is 3.10. The Balaban J connectivity index is 3.32. The molecule has 0 radical (unpaired) electrons. The van der Waals surface area contributed by atoms with Crippen molar-refractivity contribution in [2.45, 2.75) is 6.92 Å². The number of phenols is 1. The maximum Gasteiger partial charge on any atom is 0.142 e. The lowest BCUT2D eigenvalue weighted by atomic mass is 10.1. The molecule has 1 aromatic carbocycles. The number of hydrogen-bond acceptors (Lipinski definition) is 3. The zero-order chi connectivity index (χ0) is 10.7. The van der Waals surface area contributed by atoms with Gasteiger partial charge in [-0.15, -0.1) is 0 Å². The second kappa shape index (κ2) is 4.05. The number of rotatable bonds is 3. The van der Waals surface area contributed by atoms with Crippen LogP contribution in [-0.2, 0) is 0 Å². The molecular weight excluding hydrogens is 178 g/mol. The summed E-state index contributed by atoms with van der Waals surface area (Å²) in [7, 11) is 3.32. The predicted molar refractivity (Wildman–Crippen MR) is 58.9 cm³/mol. The first-order chi connectivity index (χ1) is 6.60. The van der Waals surface area contributed by atoms with Gasteiger partial charge < -0.3 is 15.2 Å². The van der Waals surface area contributed by atoms with Gasteiger partial charge >= 0.3 is 0 Å². The molecule has 0 fully saturated rings. The quantitative estimate of drug-likeness (QED) is 0.724. The first-order valence-electron chi connectivity index (χ1n) is 4.34. The monoisotopic (exact) mass is 193 g/mol. The molecule has 0 aromatic heterocycles. The Morgan fingerprint density at radius 2 is 2.14 bits per heavy atom. The molecule has 1 rings (SSSR count). The van der Waals surface area contributed by atoms with E-state index >= 15 is 0 Å². The minimum Gasteiger partial charge on any atom is -0.506 e. The van der Waals surface area contributed by atoms with Gasteiger partial charge in [0.1, 0.15) is 11.5 Å². The Kier molecular flexibility index (Phi) is 3.02. The van der Waals surface area contributed by atoms with Crippen molar-refractivity contribution < 1.29 is 9.84 Å². The zero-order valence-electron chi connectivity index (χ0n) is 8.72. The van der Waals surface area contributed by atoms with Crippen LogP contribution in [0.2, 0.25) is 0 Å². The summed E-state index contributed by atoms with van der Waals surface area (Å²) in [4.78, 5) is 0. The van der Waals surface area contributed by atoms with Crippen molar-refractivity contribution in [1.29, 1.82) is 0 Å². The Labute approximate surface area is 84.0 Å². The number of anilines is 1. The maximum atomic E-state index is 9.56. The molecule has 0 aliphatic rings. The molecule has 0 atom stereocenters. The van der Waals surface area contributed by atoms with Crippen molar-refractivity contribution in [1.82, 2.24) is 0 Å². The fourth-order valence-electron chi connectivity index (χ4n) is 1.27. The van der Waals surface area contributed by atoms with Crippen molar-refractivity contribution in [2.75, 3.05) is 19.5 Å². The van der Waals surface area contributed by atoms with Gasteiger partial charge in [-0.1, -0.05) is 6.58 Å². The van der Waals surface area contributed by atoms with Crippen LogP contribution in [0.4, 0.5) is 5.69 Å². The van der Waals surface area contributed by atoms with Crippen molar-refractivity contribution in [2.24, 2.45) is 0 Å². The van der Waals surface area contributed by atoms with Gasteiger partial charge in [0.2, 0.25) is 0 Å². The number of methoxy groups -OCH3 is 1. The Morgan fingerprint density at radius 1 is 1.50 bits per heavy atom. The molecule has 0 saturated heterocycles. The van der Waals surface area contributed by atoms with E-state index in [1.165, 1.54) is 0 Å². The third kappa shape index (κ3) is 1.82. The number of ether oxygens (including phenoxy) is 1. The SMILES string of the molecule is C=C(C)c1cc(NC)c(O)cc1OC. The topological polar surface area (TPSA) is 41.5 Å². The molecular formula is C11H15NO2. The molecule has 0 heterocycles. The summed E-state index contributed by atoms with van der Waals surface area (Å²) in [5, 5.41) is 12.5. The maximum absolute atomic E-state index is 9.56. The molecule has 1 aromatic rings. The largest absolute Gasteiger partial charge is 0.506 e. The molecule has 0 saturated carbocycles. The minimum atomic E-state index is 0.175. The molecule has 0 bridgehead atoms. The molecule has 0 spiro atoms. The highest BCUT2D eigenvalue weighted by atomic mass is 16.5. The first kappa shape index (κ1) is 10.4. The van der Waals surface area contributed by atoms with Gasteiger partial charge in [0, 0.05) is 18.7 Å². The zero-order valence-corrected chi connectivity index (χ0v) is 8.72. The molecule has 0 unspecified atom stereocenters. The van der Waals surface area contributed by atoms with E-state index < -0.39 is 0 Å².